The summed E-state index contributed by atoms with van der Waals surface area (Å²) in [4.78, 5) is 3.69. The van der Waals surface area contributed by atoms with E-state index in [9.17, 15) is 8.42 Å². The average molecular weight is 308 g/mol. The molecule has 3 N–H and O–H groups in total. The van der Waals surface area contributed by atoms with Crippen LogP contribution >= 0.6 is 11.6 Å². The highest BCUT2D eigenvalue weighted by molar-refractivity contribution is 7.89. The number of primary sulfonamides is 1. The predicted octanol–water partition coefficient (Wildman–Crippen LogP) is -0.250. The third-order valence-electron chi connectivity index (χ3n) is 2.52. The second-order valence-electron chi connectivity index (χ2n) is 4.01. The topological polar surface area (TPSA) is 104 Å². The zero-order valence-electron chi connectivity index (χ0n) is 10.0. The quantitative estimate of drug-likeness (QED) is 0.795. The lowest BCUT2D eigenvalue weighted by atomic mass is 10.3. The Morgan fingerprint density at radius 3 is 3.00 bits per heavy atom. The Morgan fingerprint density at radius 2 is 2.42 bits per heavy atom. The molecule has 2 heterocycles. The van der Waals surface area contributed by atoms with E-state index in [1.165, 1.54) is 6.07 Å². The minimum Gasteiger partial charge on any atom is -0.474 e. The van der Waals surface area contributed by atoms with E-state index in [2.05, 4.69) is 10.3 Å². The van der Waals surface area contributed by atoms with Crippen LogP contribution in [0, 0.1) is 0 Å². The van der Waals surface area contributed by atoms with Crippen LogP contribution in [-0.2, 0) is 14.8 Å². The summed E-state index contributed by atoms with van der Waals surface area (Å²) in [7, 11) is -3.81. The molecule has 9 heteroatoms. The molecule has 0 unspecified atom stereocenters. The van der Waals surface area contributed by atoms with Crippen LogP contribution in [0.15, 0.2) is 17.2 Å². The molecule has 1 atom stereocenters. The summed E-state index contributed by atoms with van der Waals surface area (Å²) in [5.74, 6) is 0.156. The van der Waals surface area contributed by atoms with Gasteiger partial charge in [0.15, 0.2) is 0 Å². The van der Waals surface area contributed by atoms with Crippen LogP contribution in [0.3, 0.4) is 0 Å². The fourth-order valence-corrected chi connectivity index (χ4v) is 2.34. The van der Waals surface area contributed by atoms with Crippen LogP contribution in [0.25, 0.3) is 0 Å². The highest BCUT2D eigenvalue weighted by Crippen LogP contribution is 2.24. The first kappa shape index (κ1) is 14.5. The first-order chi connectivity index (χ1) is 8.97. The van der Waals surface area contributed by atoms with Crippen molar-refractivity contribution < 1.29 is 17.9 Å². The van der Waals surface area contributed by atoms with E-state index in [1.807, 2.05) is 0 Å². The van der Waals surface area contributed by atoms with Crippen LogP contribution in [-0.4, -0.2) is 45.8 Å². The largest absolute Gasteiger partial charge is 0.474 e. The number of sulfonamides is 1. The molecule has 0 radical (unpaired) electrons. The number of hydrogen-bond acceptors (Lipinski definition) is 6. The van der Waals surface area contributed by atoms with Crippen molar-refractivity contribution in [3.63, 3.8) is 0 Å². The lowest BCUT2D eigenvalue weighted by Gasteiger charge is -2.23. The van der Waals surface area contributed by atoms with Crippen LogP contribution in [0.4, 0.5) is 0 Å². The van der Waals surface area contributed by atoms with Gasteiger partial charge in [0.2, 0.25) is 15.9 Å². The minimum atomic E-state index is -3.81. The summed E-state index contributed by atoms with van der Waals surface area (Å²) in [6, 6.07) is 1.21. The number of pyridine rings is 1. The number of rotatable bonds is 4. The predicted molar refractivity (Wildman–Crippen MR) is 68.7 cm³/mol. The van der Waals surface area contributed by atoms with Crippen molar-refractivity contribution in [1.29, 1.82) is 0 Å². The Morgan fingerprint density at radius 1 is 1.63 bits per heavy atom. The maximum absolute atomic E-state index is 11.1. The van der Waals surface area contributed by atoms with Crippen LogP contribution in [0.5, 0.6) is 5.88 Å². The number of halogens is 1. The molecule has 106 valence electrons. The summed E-state index contributed by atoms with van der Waals surface area (Å²) in [6.45, 7) is 2.42. The molecular weight excluding hydrogens is 294 g/mol. The monoisotopic (exact) mass is 307 g/mol. The first-order valence-corrected chi connectivity index (χ1v) is 7.53. The molecular formula is C10H14ClN3O4S. The summed E-state index contributed by atoms with van der Waals surface area (Å²) in [5.41, 5.74) is 0. The molecule has 2 rings (SSSR count). The van der Waals surface area contributed by atoms with Crippen molar-refractivity contribution in [3.05, 3.63) is 17.3 Å². The standard InChI is InChI=1S/C10H14ClN3O4S/c11-9-3-8(19(12,15)16)5-14-10(9)18-6-7-4-13-1-2-17-7/h3,5,7,13H,1-2,4,6H2,(H2,12,15,16)/t7-/m1/s1. The fraction of sp³-hybridized carbons (Fsp3) is 0.500. The van der Waals surface area contributed by atoms with Gasteiger partial charge in [0, 0.05) is 13.1 Å². The highest BCUT2D eigenvalue weighted by atomic mass is 35.5. The SMILES string of the molecule is NS(=O)(=O)c1cnc(OC[C@H]2CNCCO2)c(Cl)c1. The van der Waals surface area contributed by atoms with Gasteiger partial charge in [-0.1, -0.05) is 11.6 Å². The molecule has 7 nitrogen and oxygen atoms in total. The summed E-state index contributed by atoms with van der Waals surface area (Å²) >= 11 is 5.89. The Bertz CT molecular complexity index is 546. The van der Waals surface area contributed by atoms with E-state index in [0.29, 0.717) is 13.2 Å². The van der Waals surface area contributed by atoms with Gasteiger partial charge in [-0.2, -0.15) is 0 Å². The lowest BCUT2D eigenvalue weighted by molar-refractivity contribution is -0.000734. The molecule has 1 fully saturated rings. The van der Waals surface area contributed by atoms with Crippen LogP contribution in [0.2, 0.25) is 5.02 Å². The first-order valence-electron chi connectivity index (χ1n) is 5.60. The highest BCUT2D eigenvalue weighted by Gasteiger charge is 2.16. The third-order valence-corrected chi connectivity index (χ3v) is 3.67. The normalized spacial score (nSPS) is 20.2. The van der Waals surface area contributed by atoms with Gasteiger partial charge in [0.1, 0.15) is 22.6 Å². The van der Waals surface area contributed by atoms with Gasteiger partial charge in [-0.05, 0) is 6.07 Å². The smallest absolute Gasteiger partial charge is 0.239 e. The zero-order chi connectivity index (χ0) is 13.9. The van der Waals surface area contributed by atoms with E-state index < -0.39 is 10.0 Å². The number of hydrogen-bond donors (Lipinski definition) is 2. The molecule has 0 saturated carbocycles. The Balaban J connectivity index is 2.01. The number of aromatic nitrogens is 1. The summed E-state index contributed by atoms with van der Waals surface area (Å²) in [5, 5.41) is 8.22. The second-order valence-corrected chi connectivity index (χ2v) is 5.98. The van der Waals surface area contributed by atoms with Gasteiger partial charge in [0.05, 0.1) is 12.8 Å². The zero-order valence-corrected chi connectivity index (χ0v) is 11.6. The van der Waals surface area contributed by atoms with Crippen LogP contribution < -0.4 is 15.2 Å². The van der Waals surface area contributed by atoms with E-state index in [4.69, 9.17) is 26.2 Å². The van der Waals surface area contributed by atoms with Crippen molar-refractivity contribution in [2.45, 2.75) is 11.0 Å². The molecule has 0 amide bonds. The van der Waals surface area contributed by atoms with Crippen molar-refractivity contribution in [2.75, 3.05) is 26.3 Å². The molecule has 1 saturated heterocycles. The summed E-state index contributed by atoms with van der Waals surface area (Å²) < 4.78 is 33.1. The van der Waals surface area contributed by atoms with Crippen molar-refractivity contribution >= 4 is 21.6 Å². The molecule has 0 aromatic carbocycles. The molecule has 1 aromatic heterocycles. The second kappa shape index (κ2) is 6.02. The Hall–Kier alpha value is -0.930. The number of nitrogens with two attached hydrogens (primary N) is 1. The molecule has 0 aliphatic carbocycles. The van der Waals surface area contributed by atoms with Crippen molar-refractivity contribution in [3.8, 4) is 5.88 Å². The van der Waals surface area contributed by atoms with Crippen molar-refractivity contribution in [2.24, 2.45) is 5.14 Å². The van der Waals surface area contributed by atoms with E-state index in [-0.39, 0.29) is 28.5 Å². The Labute approximate surface area is 116 Å². The van der Waals surface area contributed by atoms with Crippen LogP contribution in [0.1, 0.15) is 0 Å². The minimum absolute atomic E-state index is 0.0791. The molecule has 1 aliphatic rings. The maximum Gasteiger partial charge on any atom is 0.239 e. The van der Waals surface area contributed by atoms with Gasteiger partial charge in [-0.15, -0.1) is 0 Å². The maximum atomic E-state index is 11.1. The number of nitrogens with zero attached hydrogens (tertiary/aromatic N) is 1. The number of nitrogens with one attached hydrogen (secondary N) is 1. The molecule has 0 spiro atoms. The molecule has 0 bridgehead atoms. The number of morpholine rings is 1. The van der Waals surface area contributed by atoms with Gasteiger partial charge >= 0.3 is 0 Å². The van der Waals surface area contributed by atoms with Gasteiger partial charge in [-0.3, -0.25) is 0 Å². The van der Waals surface area contributed by atoms with Gasteiger partial charge < -0.3 is 14.8 Å². The third kappa shape index (κ3) is 4.02. The van der Waals surface area contributed by atoms with E-state index >= 15 is 0 Å². The van der Waals surface area contributed by atoms with E-state index in [0.717, 1.165) is 12.7 Å². The molecule has 1 aromatic rings. The van der Waals surface area contributed by atoms with Gasteiger partial charge in [0.25, 0.3) is 0 Å². The number of ether oxygens (including phenoxy) is 2. The summed E-state index contributed by atoms with van der Waals surface area (Å²) in [6.07, 6.45) is 1.03. The molecule has 1 aliphatic heterocycles. The fourth-order valence-electron chi connectivity index (χ4n) is 1.57. The van der Waals surface area contributed by atoms with Crippen molar-refractivity contribution in [1.82, 2.24) is 10.3 Å². The average Bonchev–Trinajstić information content (AvgIpc) is 2.37. The lowest BCUT2D eigenvalue weighted by Crippen LogP contribution is -2.41. The Kier molecular flexibility index (Phi) is 4.58. The van der Waals surface area contributed by atoms with E-state index in [1.54, 1.807) is 0 Å². The molecule has 19 heavy (non-hydrogen) atoms. The van der Waals surface area contributed by atoms with Gasteiger partial charge in [-0.25, -0.2) is 18.5 Å².